The number of amides is 1. The second-order valence-corrected chi connectivity index (χ2v) is 5.70. The highest BCUT2D eigenvalue weighted by molar-refractivity contribution is 5.85. The zero-order valence-corrected chi connectivity index (χ0v) is 12.5. The Morgan fingerprint density at radius 1 is 1.29 bits per heavy atom. The molecule has 116 valence electrons. The molecule has 2 fully saturated rings. The minimum atomic E-state index is -0.904. The van der Waals surface area contributed by atoms with E-state index >= 15 is 0 Å². The van der Waals surface area contributed by atoms with E-state index in [1.807, 2.05) is 0 Å². The van der Waals surface area contributed by atoms with E-state index in [0.29, 0.717) is 11.8 Å². The first-order chi connectivity index (χ1) is 9.65. The first kappa shape index (κ1) is 16.2. The van der Waals surface area contributed by atoms with Gasteiger partial charge in [-0.05, 0) is 37.4 Å². The second kappa shape index (κ2) is 6.71. The number of nitrogens with zero attached hydrogens (tertiary/aromatic N) is 1. The molecule has 1 aromatic rings. The number of likely N-dealkylation sites (tertiary alicyclic amines) is 1. The molecule has 0 spiro atoms. The molecule has 2 aliphatic rings. The lowest BCUT2D eigenvalue weighted by Gasteiger charge is -2.34. The van der Waals surface area contributed by atoms with Crippen LogP contribution in [-0.2, 0) is 11.2 Å². The molecule has 3 rings (SSSR count). The number of rotatable bonds is 2. The quantitative estimate of drug-likeness (QED) is 0.905. The van der Waals surface area contributed by atoms with Gasteiger partial charge in [0.1, 0.15) is 0 Å². The third-order valence-electron chi connectivity index (χ3n) is 4.43. The van der Waals surface area contributed by atoms with Gasteiger partial charge >= 0.3 is 0 Å². The highest BCUT2D eigenvalue weighted by atomic mass is 35.5. The van der Waals surface area contributed by atoms with Gasteiger partial charge < -0.3 is 10.2 Å². The third-order valence-corrected chi connectivity index (χ3v) is 4.43. The summed E-state index contributed by atoms with van der Waals surface area (Å²) in [6.07, 6.45) is 0.934. The maximum Gasteiger partial charge on any atom is 0.227 e. The standard InChI is InChI=1S/C15H18F2N2O.ClH/c16-13-3-1-2-10(15(13)17)6-14(20)19-5-4-11-7-18-8-12(11)9-19;/h1-3,11-12,18H,4-9H2;1H. The van der Waals surface area contributed by atoms with E-state index in [1.54, 1.807) is 4.90 Å². The molecule has 0 aliphatic carbocycles. The van der Waals surface area contributed by atoms with Gasteiger partial charge in [0.05, 0.1) is 6.42 Å². The van der Waals surface area contributed by atoms with Gasteiger partial charge in [0.15, 0.2) is 11.6 Å². The van der Waals surface area contributed by atoms with Gasteiger partial charge in [0, 0.05) is 18.7 Å². The first-order valence-electron chi connectivity index (χ1n) is 7.06. The molecule has 21 heavy (non-hydrogen) atoms. The van der Waals surface area contributed by atoms with Crippen LogP contribution >= 0.6 is 12.4 Å². The van der Waals surface area contributed by atoms with Crippen LogP contribution in [0.25, 0.3) is 0 Å². The summed E-state index contributed by atoms with van der Waals surface area (Å²) in [5.74, 6) is -0.748. The summed E-state index contributed by atoms with van der Waals surface area (Å²) >= 11 is 0. The lowest BCUT2D eigenvalue weighted by molar-refractivity contribution is -0.132. The average Bonchev–Trinajstić information content (AvgIpc) is 2.91. The number of hydrogen-bond acceptors (Lipinski definition) is 2. The fourth-order valence-electron chi connectivity index (χ4n) is 3.22. The van der Waals surface area contributed by atoms with Crippen molar-refractivity contribution in [1.82, 2.24) is 10.2 Å². The van der Waals surface area contributed by atoms with Gasteiger partial charge in [0.2, 0.25) is 5.91 Å². The van der Waals surface area contributed by atoms with Gasteiger partial charge in [0.25, 0.3) is 0 Å². The van der Waals surface area contributed by atoms with Crippen molar-refractivity contribution in [3.63, 3.8) is 0 Å². The van der Waals surface area contributed by atoms with Crippen molar-refractivity contribution >= 4 is 18.3 Å². The highest BCUT2D eigenvalue weighted by Gasteiger charge is 2.34. The smallest absolute Gasteiger partial charge is 0.227 e. The number of nitrogens with one attached hydrogen (secondary N) is 1. The molecular weight excluding hydrogens is 298 g/mol. The maximum absolute atomic E-state index is 13.6. The zero-order chi connectivity index (χ0) is 14.1. The monoisotopic (exact) mass is 316 g/mol. The Morgan fingerprint density at radius 3 is 2.86 bits per heavy atom. The normalized spacial score (nSPS) is 24.4. The summed E-state index contributed by atoms with van der Waals surface area (Å²) in [5, 5.41) is 3.34. The fourth-order valence-corrected chi connectivity index (χ4v) is 3.22. The molecule has 2 atom stereocenters. The van der Waals surface area contributed by atoms with Gasteiger partial charge in [-0.25, -0.2) is 8.78 Å². The predicted molar refractivity (Wildman–Crippen MR) is 78.4 cm³/mol. The van der Waals surface area contributed by atoms with Crippen molar-refractivity contribution in [1.29, 1.82) is 0 Å². The van der Waals surface area contributed by atoms with E-state index in [0.717, 1.165) is 38.7 Å². The molecule has 2 saturated heterocycles. The summed E-state index contributed by atoms with van der Waals surface area (Å²) in [5.41, 5.74) is 0.140. The fraction of sp³-hybridized carbons (Fsp3) is 0.533. The van der Waals surface area contributed by atoms with Crippen LogP contribution in [0.4, 0.5) is 8.78 Å². The minimum absolute atomic E-state index is 0. The molecule has 1 N–H and O–H groups in total. The molecular formula is C15H19ClF2N2O. The van der Waals surface area contributed by atoms with Crippen molar-refractivity contribution in [2.45, 2.75) is 12.8 Å². The predicted octanol–water partition coefficient (Wildman–Crippen LogP) is 2.00. The Morgan fingerprint density at radius 2 is 2.05 bits per heavy atom. The lowest BCUT2D eigenvalue weighted by atomic mass is 9.88. The van der Waals surface area contributed by atoms with Crippen molar-refractivity contribution in [2.75, 3.05) is 26.2 Å². The molecule has 0 bridgehead atoms. The minimum Gasteiger partial charge on any atom is -0.342 e. The van der Waals surface area contributed by atoms with E-state index in [4.69, 9.17) is 0 Å². The summed E-state index contributed by atoms with van der Waals surface area (Å²) in [6.45, 7) is 3.43. The molecule has 2 heterocycles. The number of carbonyl (C=O) groups is 1. The molecule has 0 saturated carbocycles. The molecule has 1 aromatic carbocycles. The Labute approximate surface area is 129 Å². The molecule has 2 unspecified atom stereocenters. The Kier molecular flexibility index (Phi) is 5.17. The van der Waals surface area contributed by atoms with Crippen molar-refractivity contribution < 1.29 is 13.6 Å². The van der Waals surface area contributed by atoms with Crippen molar-refractivity contribution in [3.8, 4) is 0 Å². The van der Waals surface area contributed by atoms with Gasteiger partial charge in [-0.3, -0.25) is 4.79 Å². The zero-order valence-electron chi connectivity index (χ0n) is 11.6. The number of fused-ring (bicyclic) bond motifs is 1. The Balaban J connectivity index is 0.00000161. The molecule has 3 nitrogen and oxygen atoms in total. The average molecular weight is 317 g/mol. The number of piperidine rings is 1. The molecule has 1 amide bonds. The van der Waals surface area contributed by atoms with Crippen LogP contribution < -0.4 is 5.32 Å². The van der Waals surface area contributed by atoms with Crippen LogP contribution in [0.2, 0.25) is 0 Å². The van der Waals surface area contributed by atoms with E-state index < -0.39 is 11.6 Å². The summed E-state index contributed by atoms with van der Waals surface area (Å²) in [4.78, 5) is 14.0. The number of carbonyl (C=O) groups excluding carboxylic acids is 1. The van der Waals surface area contributed by atoms with Gasteiger partial charge in [-0.1, -0.05) is 12.1 Å². The van der Waals surface area contributed by atoms with Crippen LogP contribution in [0.5, 0.6) is 0 Å². The first-order valence-corrected chi connectivity index (χ1v) is 7.06. The van der Waals surface area contributed by atoms with E-state index in [1.165, 1.54) is 12.1 Å². The number of halogens is 3. The Bertz CT molecular complexity index is 526. The molecule has 0 aromatic heterocycles. The summed E-state index contributed by atoms with van der Waals surface area (Å²) in [7, 11) is 0. The van der Waals surface area contributed by atoms with Crippen LogP contribution in [-0.4, -0.2) is 37.0 Å². The van der Waals surface area contributed by atoms with Crippen LogP contribution in [0.3, 0.4) is 0 Å². The van der Waals surface area contributed by atoms with Crippen molar-refractivity contribution in [3.05, 3.63) is 35.4 Å². The van der Waals surface area contributed by atoms with E-state index in [-0.39, 0.29) is 30.3 Å². The molecule has 6 heteroatoms. The molecule has 0 radical (unpaired) electrons. The van der Waals surface area contributed by atoms with Gasteiger partial charge in [-0.15, -0.1) is 12.4 Å². The second-order valence-electron chi connectivity index (χ2n) is 5.70. The van der Waals surface area contributed by atoms with Crippen LogP contribution in [0.15, 0.2) is 18.2 Å². The topological polar surface area (TPSA) is 32.3 Å². The Hall–Kier alpha value is -1.20. The maximum atomic E-state index is 13.6. The number of benzene rings is 1. The SMILES string of the molecule is Cl.O=C(Cc1cccc(F)c1F)N1CCC2CNCC2C1. The largest absolute Gasteiger partial charge is 0.342 e. The van der Waals surface area contributed by atoms with Crippen LogP contribution in [0, 0.1) is 23.5 Å². The number of hydrogen-bond donors (Lipinski definition) is 1. The lowest BCUT2D eigenvalue weighted by Crippen LogP contribution is -2.44. The van der Waals surface area contributed by atoms with Gasteiger partial charge in [-0.2, -0.15) is 0 Å². The molecule has 2 aliphatic heterocycles. The summed E-state index contributed by atoms with van der Waals surface area (Å²) < 4.78 is 26.7. The third kappa shape index (κ3) is 3.35. The van der Waals surface area contributed by atoms with Crippen molar-refractivity contribution in [2.24, 2.45) is 11.8 Å². The van der Waals surface area contributed by atoms with E-state index in [9.17, 15) is 13.6 Å². The summed E-state index contributed by atoms with van der Waals surface area (Å²) in [6, 6.07) is 3.98. The van der Waals surface area contributed by atoms with Crippen LogP contribution in [0.1, 0.15) is 12.0 Å². The van der Waals surface area contributed by atoms with E-state index in [2.05, 4.69) is 5.32 Å². The highest BCUT2D eigenvalue weighted by Crippen LogP contribution is 2.27.